The van der Waals surface area contributed by atoms with Crippen LogP contribution in [0, 0.1) is 0 Å². The van der Waals surface area contributed by atoms with Gasteiger partial charge in [-0.2, -0.15) is 0 Å². The summed E-state index contributed by atoms with van der Waals surface area (Å²) in [4.78, 5) is 0. The van der Waals surface area contributed by atoms with Gasteiger partial charge in [0.05, 0.1) is 12.2 Å². The summed E-state index contributed by atoms with van der Waals surface area (Å²) in [6, 6.07) is -0.264. The van der Waals surface area contributed by atoms with Crippen LogP contribution >= 0.6 is 0 Å². The second-order valence-corrected chi connectivity index (χ2v) is 2.90. The molecule has 0 bridgehead atoms. The first-order valence-electron chi connectivity index (χ1n) is 4.27. The molecule has 0 spiro atoms. The number of nitrogens with two attached hydrogens (primary N) is 2. The Kier molecular flexibility index (Phi) is 10.7. The zero-order valence-electron chi connectivity index (χ0n) is 8.20. The molecule has 0 aromatic rings. The van der Waals surface area contributed by atoms with Crippen molar-refractivity contribution in [1.82, 2.24) is 0 Å². The smallest absolute Gasteiger partial charge is 0.0675 e. The Hall–Kier alpha value is -0.160. The minimum atomic E-state index is -0.481. The lowest BCUT2D eigenvalue weighted by atomic mass is 10.2. The predicted molar refractivity (Wildman–Crippen MR) is 50.7 cm³/mol. The summed E-state index contributed by atoms with van der Waals surface area (Å²) in [5, 5.41) is 17.0. The summed E-state index contributed by atoms with van der Waals surface area (Å²) in [6.07, 6.45) is 0.264. The zero-order chi connectivity index (χ0) is 10.1. The van der Waals surface area contributed by atoms with Crippen LogP contribution in [-0.2, 0) is 0 Å². The van der Waals surface area contributed by atoms with Crippen LogP contribution in [0.15, 0.2) is 0 Å². The maximum atomic E-state index is 8.62. The van der Waals surface area contributed by atoms with Gasteiger partial charge < -0.3 is 21.7 Å². The molecule has 3 unspecified atom stereocenters. The number of rotatable bonds is 3. The standard InChI is InChI=1S/C4H12N2O.C4H10O/c1-3(7)4(6)2-5;1-3-4(2)5/h3-4,7H,2,5-6H2,1H3;4-5H,3H2,1-2H3. The molecule has 0 aliphatic carbocycles. The van der Waals surface area contributed by atoms with E-state index in [0.717, 1.165) is 6.42 Å². The second kappa shape index (κ2) is 8.93. The molecule has 3 atom stereocenters. The van der Waals surface area contributed by atoms with Crippen molar-refractivity contribution in [2.75, 3.05) is 6.54 Å². The average Bonchev–Trinajstić information content (AvgIpc) is 2.04. The lowest BCUT2D eigenvalue weighted by Gasteiger charge is -2.09. The van der Waals surface area contributed by atoms with Gasteiger partial charge in [-0.05, 0) is 20.3 Å². The molecule has 0 saturated heterocycles. The van der Waals surface area contributed by atoms with Gasteiger partial charge >= 0.3 is 0 Å². The van der Waals surface area contributed by atoms with Gasteiger partial charge in [-0.15, -0.1) is 0 Å². The van der Waals surface area contributed by atoms with Crippen LogP contribution in [0.3, 0.4) is 0 Å². The molecule has 0 aliphatic heterocycles. The van der Waals surface area contributed by atoms with Crippen molar-refractivity contribution in [3.8, 4) is 0 Å². The lowest BCUT2D eigenvalue weighted by molar-refractivity contribution is 0.166. The fourth-order valence-corrected chi connectivity index (χ4v) is 0.197. The van der Waals surface area contributed by atoms with Gasteiger partial charge in [0.15, 0.2) is 0 Å². The minimum absolute atomic E-state index is 0.116. The van der Waals surface area contributed by atoms with Crippen molar-refractivity contribution in [3.05, 3.63) is 0 Å². The highest BCUT2D eigenvalue weighted by Gasteiger charge is 2.03. The van der Waals surface area contributed by atoms with E-state index in [1.807, 2.05) is 6.92 Å². The fourth-order valence-electron chi connectivity index (χ4n) is 0.197. The van der Waals surface area contributed by atoms with Gasteiger partial charge in [-0.1, -0.05) is 6.92 Å². The molecule has 6 N–H and O–H groups in total. The van der Waals surface area contributed by atoms with E-state index in [9.17, 15) is 0 Å². The van der Waals surface area contributed by atoms with E-state index in [-0.39, 0.29) is 12.1 Å². The Bertz CT molecular complexity index is 87.1. The molecular formula is C8H22N2O2. The van der Waals surface area contributed by atoms with Crippen LogP contribution in [-0.4, -0.2) is 35.0 Å². The molecule has 76 valence electrons. The average molecular weight is 178 g/mol. The Morgan fingerprint density at radius 3 is 1.58 bits per heavy atom. The molecule has 0 aromatic heterocycles. The topological polar surface area (TPSA) is 92.5 Å². The maximum Gasteiger partial charge on any atom is 0.0675 e. The number of hydrogen-bond acceptors (Lipinski definition) is 4. The Morgan fingerprint density at radius 2 is 1.58 bits per heavy atom. The van der Waals surface area contributed by atoms with Crippen LogP contribution in [0.4, 0.5) is 0 Å². The molecule has 0 aromatic carbocycles. The van der Waals surface area contributed by atoms with Crippen molar-refractivity contribution in [3.63, 3.8) is 0 Å². The molecule has 0 rings (SSSR count). The van der Waals surface area contributed by atoms with Crippen LogP contribution in [0.2, 0.25) is 0 Å². The summed E-state index contributed by atoms with van der Waals surface area (Å²) >= 11 is 0. The highest BCUT2D eigenvalue weighted by atomic mass is 16.3. The molecule has 0 radical (unpaired) electrons. The lowest BCUT2D eigenvalue weighted by Crippen LogP contribution is -2.39. The maximum absolute atomic E-state index is 8.62. The summed E-state index contributed by atoms with van der Waals surface area (Å²) in [6.45, 7) is 5.69. The van der Waals surface area contributed by atoms with E-state index in [1.54, 1.807) is 13.8 Å². The van der Waals surface area contributed by atoms with Crippen LogP contribution in [0.5, 0.6) is 0 Å². The van der Waals surface area contributed by atoms with E-state index >= 15 is 0 Å². The largest absolute Gasteiger partial charge is 0.393 e. The third-order valence-corrected chi connectivity index (χ3v) is 1.48. The normalized spacial score (nSPS) is 17.2. The minimum Gasteiger partial charge on any atom is -0.393 e. The zero-order valence-corrected chi connectivity index (χ0v) is 8.20. The van der Waals surface area contributed by atoms with Gasteiger partial charge in [0, 0.05) is 12.6 Å². The Morgan fingerprint density at radius 1 is 1.25 bits per heavy atom. The highest BCUT2D eigenvalue weighted by molar-refractivity contribution is 4.66. The number of aliphatic hydroxyl groups excluding tert-OH is 2. The van der Waals surface area contributed by atoms with Crippen molar-refractivity contribution in [2.24, 2.45) is 11.5 Å². The van der Waals surface area contributed by atoms with Gasteiger partial charge in [0.25, 0.3) is 0 Å². The molecule has 4 heteroatoms. The molecule has 0 saturated carbocycles. The second-order valence-electron chi connectivity index (χ2n) is 2.90. The quantitative estimate of drug-likeness (QED) is 0.465. The number of hydrogen-bond donors (Lipinski definition) is 4. The van der Waals surface area contributed by atoms with E-state index in [2.05, 4.69) is 0 Å². The molecule has 4 nitrogen and oxygen atoms in total. The Labute approximate surface area is 74.6 Å². The van der Waals surface area contributed by atoms with E-state index in [1.165, 1.54) is 0 Å². The van der Waals surface area contributed by atoms with Gasteiger partial charge in [-0.25, -0.2) is 0 Å². The number of aliphatic hydroxyl groups is 2. The molecule has 12 heavy (non-hydrogen) atoms. The third kappa shape index (κ3) is 12.5. The SMILES string of the molecule is CC(O)C(N)CN.CCC(C)O. The van der Waals surface area contributed by atoms with Crippen molar-refractivity contribution >= 4 is 0 Å². The van der Waals surface area contributed by atoms with Crippen LogP contribution in [0.25, 0.3) is 0 Å². The van der Waals surface area contributed by atoms with Crippen LogP contribution < -0.4 is 11.5 Å². The van der Waals surface area contributed by atoms with Crippen molar-refractivity contribution in [1.29, 1.82) is 0 Å². The van der Waals surface area contributed by atoms with E-state index in [4.69, 9.17) is 21.7 Å². The predicted octanol–water partition coefficient (Wildman–Crippen LogP) is -0.570. The third-order valence-electron chi connectivity index (χ3n) is 1.48. The summed E-state index contributed by atoms with van der Waals surface area (Å²) in [5.74, 6) is 0. The Balaban J connectivity index is 0. The highest BCUT2D eigenvalue weighted by Crippen LogP contribution is 1.82. The van der Waals surface area contributed by atoms with Crippen LogP contribution in [0.1, 0.15) is 27.2 Å². The summed E-state index contributed by atoms with van der Waals surface area (Å²) in [7, 11) is 0. The van der Waals surface area contributed by atoms with Crippen molar-refractivity contribution in [2.45, 2.75) is 45.4 Å². The molecule has 0 fully saturated rings. The summed E-state index contributed by atoms with van der Waals surface area (Å²) in [5.41, 5.74) is 10.3. The van der Waals surface area contributed by atoms with Gasteiger partial charge in [0.1, 0.15) is 0 Å². The van der Waals surface area contributed by atoms with E-state index in [0.29, 0.717) is 6.54 Å². The first kappa shape index (κ1) is 14.4. The monoisotopic (exact) mass is 178 g/mol. The van der Waals surface area contributed by atoms with Crippen molar-refractivity contribution < 1.29 is 10.2 Å². The molecule has 0 aliphatic rings. The molecule has 0 heterocycles. The van der Waals surface area contributed by atoms with Gasteiger partial charge in [0.2, 0.25) is 0 Å². The summed E-state index contributed by atoms with van der Waals surface area (Å²) < 4.78 is 0. The molecular weight excluding hydrogens is 156 g/mol. The first-order valence-corrected chi connectivity index (χ1v) is 4.27. The van der Waals surface area contributed by atoms with Gasteiger partial charge in [-0.3, -0.25) is 0 Å². The first-order chi connectivity index (χ1) is 5.45. The van der Waals surface area contributed by atoms with E-state index < -0.39 is 6.10 Å². The molecule has 0 amide bonds. The fraction of sp³-hybridized carbons (Fsp3) is 1.00.